The molecule has 0 saturated heterocycles. The van der Waals surface area contributed by atoms with Gasteiger partial charge in [0.05, 0.1) is 6.61 Å². The summed E-state index contributed by atoms with van der Waals surface area (Å²) >= 11 is 1.28. The Morgan fingerprint density at radius 2 is 1.44 bits per heavy atom. The summed E-state index contributed by atoms with van der Waals surface area (Å²) < 4.78 is 5.52. The van der Waals surface area contributed by atoms with Crippen LogP contribution in [0.3, 0.4) is 0 Å². The van der Waals surface area contributed by atoms with E-state index in [1.807, 2.05) is 91.0 Å². The molecule has 0 aliphatic heterocycles. The number of hydrogen-bond donors (Lipinski definition) is 2. The highest BCUT2D eigenvalue weighted by Gasteiger charge is 2.23. The van der Waals surface area contributed by atoms with Gasteiger partial charge in [0.2, 0.25) is 16.9 Å². The SMILES string of the molecule is O=C(COCc1ccccc1)NC(Cc1ccccc1)C(=O)Nc1nnc(-c2ccccc2)s1. The first-order chi connectivity index (χ1) is 16.7. The summed E-state index contributed by atoms with van der Waals surface area (Å²) in [6.45, 7) is 0.168. The van der Waals surface area contributed by atoms with Crippen LogP contribution in [0, 0.1) is 0 Å². The Hall–Kier alpha value is -3.88. The average molecular weight is 473 g/mol. The summed E-state index contributed by atoms with van der Waals surface area (Å²) in [6.07, 6.45) is 0.335. The molecule has 1 heterocycles. The minimum Gasteiger partial charge on any atom is -0.367 e. The lowest BCUT2D eigenvalue weighted by Crippen LogP contribution is -2.46. The van der Waals surface area contributed by atoms with Crippen molar-refractivity contribution in [2.45, 2.75) is 19.1 Å². The van der Waals surface area contributed by atoms with Gasteiger partial charge in [-0.25, -0.2) is 0 Å². The number of carbonyl (C=O) groups is 2. The molecule has 2 N–H and O–H groups in total. The molecule has 4 rings (SSSR count). The molecule has 1 unspecified atom stereocenters. The van der Waals surface area contributed by atoms with Crippen LogP contribution in [0.5, 0.6) is 0 Å². The highest BCUT2D eigenvalue weighted by atomic mass is 32.1. The standard InChI is InChI=1S/C26H24N4O3S/c31-23(18-33-17-20-12-6-2-7-13-20)27-22(16-19-10-4-1-5-11-19)24(32)28-26-30-29-25(34-26)21-14-8-3-9-15-21/h1-15,22H,16-18H2,(H,27,31)(H,28,30,32). The van der Waals surface area contributed by atoms with Crippen LogP contribution in [0.15, 0.2) is 91.0 Å². The fourth-order valence-electron chi connectivity index (χ4n) is 3.29. The number of aromatic nitrogens is 2. The largest absolute Gasteiger partial charge is 0.367 e. The third-order valence-corrected chi connectivity index (χ3v) is 5.84. The molecular formula is C26H24N4O3S. The number of ether oxygens (including phenoxy) is 1. The van der Waals surface area contributed by atoms with Gasteiger partial charge in [-0.15, -0.1) is 10.2 Å². The third kappa shape index (κ3) is 6.81. The summed E-state index contributed by atoms with van der Waals surface area (Å²) in [5.41, 5.74) is 2.82. The number of amides is 2. The summed E-state index contributed by atoms with van der Waals surface area (Å²) in [4.78, 5) is 25.6. The Labute approximate surface area is 201 Å². The monoisotopic (exact) mass is 472 g/mol. The minimum absolute atomic E-state index is 0.148. The Bertz CT molecular complexity index is 1200. The topological polar surface area (TPSA) is 93.2 Å². The van der Waals surface area contributed by atoms with E-state index in [-0.39, 0.29) is 18.4 Å². The molecule has 3 aromatic carbocycles. The van der Waals surface area contributed by atoms with Crippen molar-refractivity contribution in [1.29, 1.82) is 0 Å². The Morgan fingerprint density at radius 3 is 2.12 bits per heavy atom. The molecule has 8 heteroatoms. The van der Waals surface area contributed by atoms with E-state index in [9.17, 15) is 9.59 Å². The first-order valence-electron chi connectivity index (χ1n) is 10.8. The smallest absolute Gasteiger partial charge is 0.249 e. The number of benzene rings is 3. The van der Waals surface area contributed by atoms with Gasteiger partial charge in [0, 0.05) is 12.0 Å². The zero-order valence-electron chi connectivity index (χ0n) is 18.4. The Balaban J connectivity index is 1.39. The Kier molecular flexibility index (Phi) is 8.10. The van der Waals surface area contributed by atoms with Gasteiger partial charge in [0.1, 0.15) is 17.7 Å². The van der Waals surface area contributed by atoms with Gasteiger partial charge in [-0.05, 0) is 11.1 Å². The fourth-order valence-corrected chi connectivity index (χ4v) is 4.05. The van der Waals surface area contributed by atoms with E-state index >= 15 is 0 Å². The first kappa shape index (κ1) is 23.3. The lowest BCUT2D eigenvalue weighted by molar-refractivity contribution is -0.130. The second-order valence-corrected chi connectivity index (χ2v) is 8.53. The summed E-state index contributed by atoms with van der Waals surface area (Å²) in [7, 11) is 0. The maximum atomic E-state index is 13.1. The number of rotatable bonds is 10. The zero-order valence-corrected chi connectivity index (χ0v) is 19.2. The maximum absolute atomic E-state index is 13.1. The molecule has 172 valence electrons. The van der Waals surface area contributed by atoms with Crippen molar-refractivity contribution in [3.8, 4) is 10.6 Å². The van der Waals surface area contributed by atoms with E-state index in [1.165, 1.54) is 11.3 Å². The molecule has 1 atom stereocenters. The molecule has 7 nitrogen and oxygen atoms in total. The van der Waals surface area contributed by atoms with Gasteiger partial charge in [0.25, 0.3) is 0 Å². The lowest BCUT2D eigenvalue weighted by Gasteiger charge is -2.18. The van der Waals surface area contributed by atoms with Crippen LogP contribution in [0.2, 0.25) is 0 Å². The van der Waals surface area contributed by atoms with Crippen molar-refractivity contribution in [3.63, 3.8) is 0 Å². The second kappa shape index (κ2) is 11.8. The normalized spacial score (nSPS) is 11.5. The Morgan fingerprint density at radius 1 is 0.824 bits per heavy atom. The predicted octanol–water partition coefficient (Wildman–Crippen LogP) is 4.09. The van der Waals surface area contributed by atoms with Crippen molar-refractivity contribution in [2.75, 3.05) is 11.9 Å². The van der Waals surface area contributed by atoms with Crippen LogP contribution in [-0.4, -0.2) is 34.7 Å². The van der Waals surface area contributed by atoms with E-state index in [1.54, 1.807) is 0 Å². The van der Waals surface area contributed by atoms with Gasteiger partial charge >= 0.3 is 0 Å². The van der Waals surface area contributed by atoms with E-state index < -0.39 is 6.04 Å². The van der Waals surface area contributed by atoms with Crippen molar-refractivity contribution < 1.29 is 14.3 Å². The van der Waals surface area contributed by atoms with E-state index in [4.69, 9.17) is 4.74 Å². The second-order valence-electron chi connectivity index (χ2n) is 7.56. The minimum atomic E-state index is -0.792. The summed E-state index contributed by atoms with van der Waals surface area (Å²) in [5, 5.41) is 14.9. The fraction of sp³-hybridized carbons (Fsp3) is 0.154. The van der Waals surface area contributed by atoms with Crippen molar-refractivity contribution in [2.24, 2.45) is 0 Å². The van der Waals surface area contributed by atoms with Gasteiger partial charge < -0.3 is 10.1 Å². The highest BCUT2D eigenvalue weighted by molar-refractivity contribution is 7.18. The van der Waals surface area contributed by atoms with Gasteiger partial charge in [0.15, 0.2) is 0 Å². The molecule has 0 aliphatic carbocycles. The van der Waals surface area contributed by atoms with Crippen LogP contribution in [0.1, 0.15) is 11.1 Å². The van der Waals surface area contributed by atoms with E-state index in [2.05, 4.69) is 20.8 Å². The molecule has 1 aromatic heterocycles. The quantitative estimate of drug-likeness (QED) is 0.363. The third-order valence-electron chi connectivity index (χ3n) is 4.95. The molecule has 4 aromatic rings. The lowest BCUT2D eigenvalue weighted by atomic mass is 10.1. The molecule has 0 aliphatic rings. The van der Waals surface area contributed by atoms with Crippen LogP contribution < -0.4 is 10.6 Å². The summed E-state index contributed by atoms with van der Waals surface area (Å²) in [5.74, 6) is -0.731. The van der Waals surface area contributed by atoms with Crippen LogP contribution in [0.25, 0.3) is 10.6 Å². The van der Waals surface area contributed by atoms with Crippen molar-refractivity contribution in [1.82, 2.24) is 15.5 Å². The van der Waals surface area contributed by atoms with Crippen LogP contribution in [-0.2, 0) is 27.4 Å². The van der Waals surface area contributed by atoms with Gasteiger partial charge in [-0.1, -0.05) is 102 Å². The maximum Gasteiger partial charge on any atom is 0.249 e. The molecule has 0 saturated carbocycles. The predicted molar refractivity (Wildman–Crippen MR) is 132 cm³/mol. The molecule has 0 bridgehead atoms. The van der Waals surface area contributed by atoms with Crippen LogP contribution in [0.4, 0.5) is 5.13 Å². The number of nitrogens with zero attached hydrogens (tertiary/aromatic N) is 2. The van der Waals surface area contributed by atoms with Gasteiger partial charge in [-0.2, -0.15) is 0 Å². The molecule has 0 spiro atoms. The average Bonchev–Trinajstić information content (AvgIpc) is 3.34. The van der Waals surface area contributed by atoms with Crippen LogP contribution >= 0.6 is 11.3 Å². The molecule has 34 heavy (non-hydrogen) atoms. The van der Waals surface area contributed by atoms with Crippen molar-refractivity contribution in [3.05, 3.63) is 102 Å². The van der Waals surface area contributed by atoms with E-state index in [0.717, 1.165) is 16.7 Å². The number of nitrogens with one attached hydrogen (secondary N) is 2. The zero-order chi connectivity index (χ0) is 23.6. The number of anilines is 1. The number of carbonyl (C=O) groups excluding carboxylic acids is 2. The van der Waals surface area contributed by atoms with E-state index in [0.29, 0.717) is 23.2 Å². The number of hydrogen-bond acceptors (Lipinski definition) is 6. The molecule has 2 amide bonds. The van der Waals surface area contributed by atoms with Gasteiger partial charge in [-0.3, -0.25) is 14.9 Å². The molecule has 0 radical (unpaired) electrons. The molecular weight excluding hydrogens is 448 g/mol. The van der Waals surface area contributed by atoms with Crippen molar-refractivity contribution >= 4 is 28.3 Å². The first-order valence-corrected chi connectivity index (χ1v) is 11.6. The highest BCUT2D eigenvalue weighted by Crippen LogP contribution is 2.26. The molecule has 0 fully saturated rings. The summed E-state index contributed by atoms with van der Waals surface area (Å²) in [6, 6.07) is 27.9.